The van der Waals surface area contributed by atoms with Crippen LogP contribution >= 0.6 is 0 Å². The second-order valence-corrected chi connectivity index (χ2v) is 4.67. The molecule has 0 fully saturated rings. The van der Waals surface area contributed by atoms with Crippen LogP contribution in [0.25, 0.3) is 0 Å². The molecule has 0 spiro atoms. The molecule has 0 saturated heterocycles. The lowest BCUT2D eigenvalue weighted by Crippen LogP contribution is -2.37. The fraction of sp³-hybridized carbons (Fsp3) is 0.417. The molecule has 0 heterocycles. The predicted octanol–water partition coefficient (Wildman–Crippen LogP) is 2.69. The first-order valence-corrected chi connectivity index (χ1v) is 5.74. The third kappa shape index (κ3) is 3.24. The monoisotopic (exact) mass is 296 g/mol. The summed E-state index contributed by atoms with van der Waals surface area (Å²) in [5.41, 5.74) is 4.06. The Kier molecular flexibility index (Phi) is 5.04. The molecule has 1 atom stereocenters. The number of hydrogen-bond acceptors (Lipinski definition) is 2. The van der Waals surface area contributed by atoms with Gasteiger partial charge in [-0.1, -0.05) is 13.8 Å². The van der Waals surface area contributed by atoms with Crippen LogP contribution in [0.15, 0.2) is 0 Å². The fourth-order valence-corrected chi connectivity index (χ4v) is 1.55. The number of hydrogen-bond donors (Lipinski definition) is 2. The van der Waals surface area contributed by atoms with Crippen molar-refractivity contribution in [3.63, 3.8) is 0 Å². The van der Waals surface area contributed by atoms with Crippen LogP contribution in [0.2, 0.25) is 0 Å². The van der Waals surface area contributed by atoms with E-state index in [0.717, 1.165) is 0 Å². The second-order valence-electron chi connectivity index (χ2n) is 4.67. The van der Waals surface area contributed by atoms with Crippen LogP contribution in [0.3, 0.4) is 0 Å². The molecule has 8 heteroatoms. The average molecular weight is 296 g/mol. The van der Waals surface area contributed by atoms with E-state index in [1.165, 1.54) is 0 Å². The zero-order chi connectivity index (χ0) is 15.6. The van der Waals surface area contributed by atoms with Crippen molar-refractivity contribution in [3.05, 3.63) is 29.1 Å². The van der Waals surface area contributed by atoms with Crippen LogP contribution in [0.4, 0.5) is 27.6 Å². The molecule has 3 nitrogen and oxygen atoms in total. The molecular weight excluding hydrogens is 283 g/mol. The van der Waals surface area contributed by atoms with E-state index in [9.17, 15) is 26.7 Å². The quantitative estimate of drug-likeness (QED) is 0.510. The molecule has 0 bridgehead atoms. The molecule has 20 heavy (non-hydrogen) atoms. The van der Waals surface area contributed by atoms with Crippen molar-refractivity contribution < 1.29 is 26.7 Å². The lowest BCUT2D eigenvalue weighted by molar-refractivity contribution is -0.117. The van der Waals surface area contributed by atoms with Crippen LogP contribution in [-0.4, -0.2) is 11.9 Å². The van der Waals surface area contributed by atoms with Gasteiger partial charge in [-0.3, -0.25) is 4.79 Å². The number of halogens is 5. The first-order chi connectivity index (χ1) is 9.16. The number of rotatable bonds is 4. The van der Waals surface area contributed by atoms with Gasteiger partial charge in [-0.05, 0) is 12.3 Å². The molecule has 1 aromatic rings. The Morgan fingerprint density at radius 2 is 1.40 bits per heavy atom. The third-order valence-electron chi connectivity index (χ3n) is 2.52. The van der Waals surface area contributed by atoms with Crippen LogP contribution in [0.1, 0.15) is 20.3 Å². The van der Waals surface area contributed by atoms with E-state index >= 15 is 0 Å². The predicted molar refractivity (Wildman–Crippen MR) is 62.3 cm³/mol. The highest BCUT2D eigenvalue weighted by Gasteiger charge is 2.28. The van der Waals surface area contributed by atoms with Gasteiger partial charge in [0.1, 0.15) is 5.69 Å². The molecule has 0 aliphatic heterocycles. The average Bonchev–Trinajstić information content (AvgIpc) is 2.38. The van der Waals surface area contributed by atoms with Crippen molar-refractivity contribution in [1.82, 2.24) is 0 Å². The molecule has 1 rings (SSSR count). The molecule has 0 aliphatic rings. The number of benzene rings is 1. The summed E-state index contributed by atoms with van der Waals surface area (Å²) in [6.07, 6.45) is 0.196. The van der Waals surface area contributed by atoms with E-state index in [-0.39, 0.29) is 12.3 Å². The number of nitrogens with two attached hydrogens (primary N) is 1. The van der Waals surface area contributed by atoms with Crippen molar-refractivity contribution in [2.24, 2.45) is 11.7 Å². The Labute approximate surface area is 112 Å². The molecule has 112 valence electrons. The highest BCUT2D eigenvalue weighted by molar-refractivity contribution is 5.94. The van der Waals surface area contributed by atoms with Gasteiger partial charge in [0.25, 0.3) is 0 Å². The molecule has 0 saturated carbocycles. The topological polar surface area (TPSA) is 55.1 Å². The van der Waals surface area contributed by atoms with E-state index in [4.69, 9.17) is 5.73 Å². The Hall–Kier alpha value is -1.70. The minimum absolute atomic E-state index is 0.0205. The number of amides is 1. The van der Waals surface area contributed by atoms with E-state index in [2.05, 4.69) is 0 Å². The van der Waals surface area contributed by atoms with Gasteiger partial charge < -0.3 is 11.1 Å². The summed E-state index contributed by atoms with van der Waals surface area (Å²) in [6.45, 7) is 3.51. The minimum Gasteiger partial charge on any atom is -0.320 e. The summed E-state index contributed by atoms with van der Waals surface area (Å²) in [4.78, 5) is 11.6. The van der Waals surface area contributed by atoms with Crippen molar-refractivity contribution >= 4 is 11.6 Å². The van der Waals surface area contributed by atoms with Crippen LogP contribution in [0, 0.1) is 35.0 Å². The SMILES string of the molecule is CC(C)CC(N)C(=O)Nc1c(F)c(F)c(F)c(F)c1F. The lowest BCUT2D eigenvalue weighted by atomic mass is 10.0. The van der Waals surface area contributed by atoms with Gasteiger partial charge in [-0.2, -0.15) is 0 Å². The van der Waals surface area contributed by atoms with Crippen molar-refractivity contribution in [1.29, 1.82) is 0 Å². The summed E-state index contributed by atoms with van der Waals surface area (Å²) in [5.74, 6) is -11.8. The number of carbonyl (C=O) groups is 1. The lowest BCUT2D eigenvalue weighted by Gasteiger charge is -2.15. The van der Waals surface area contributed by atoms with E-state index in [1.807, 2.05) is 0 Å². The first kappa shape index (κ1) is 16.4. The zero-order valence-corrected chi connectivity index (χ0v) is 10.7. The standard InChI is InChI=1S/C12H13F5N2O/c1-4(2)3-5(18)12(20)19-11-9(16)7(14)6(13)8(15)10(11)17/h4-5H,3,18H2,1-2H3,(H,19,20). The molecule has 1 unspecified atom stereocenters. The van der Waals surface area contributed by atoms with Gasteiger partial charge in [-0.25, -0.2) is 22.0 Å². The van der Waals surface area contributed by atoms with Crippen molar-refractivity contribution in [2.45, 2.75) is 26.3 Å². The maximum Gasteiger partial charge on any atom is 0.241 e. The second kappa shape index (κ2) is 6.17. The Balaban J connectivity index is 3.07. The molecule has 1 aromatic carbocycles. The van der Waals surface area contributed by atoms with Gasteiger partial charge in [0.15, 0.2) is 23.3 Å². The zero-order valence-electron chi connectivity index (χ0n) is 10.7. The molecule has 1 amide bonds. The van der Waals surface area contributed by atoms with Gasteiger partial charge in [-0.15, -0.1) is 0 Å². The summed E-state index contributed by atoms with van der Waals surface area (Å²) >= 11 is 0. The largest absolute Gasteiger partial charge is 0.320 e. The van der Waals surface area contributed by atoms with Gasteiger partial charge in [0.2, 0.25) is 11.7 Å². The van der Waals surface area contributed by atoms with E-state index < -0.39 is 46.7 Å². The Morgan fingerprint density at radius 1 is 1.00 bits per heavy atom. The third-order valence-corrected chi connectivity index (χ3v) is 2.52. The normalized spacial score (nSPS) is 12.7. The number of carbonyl (C=O) groups excluding carboxylic acids is 1. The van der Waals surface area contributed by atoms with E-state index in [0.29, 0.717) is 0 Å². The van der Waals surface area contributed by atoms with Crippen LogP contribution in [0.5, 0.6) is 0 Å². The van der Waals surface area contributed by atoms with Gasteiger partial charge in [0, 0.05) is 0 Å². The number of nitrogens with one attached hydrogen (secondary N) is 1. The molecule has 3 N–H and O–H groups in total. The van der Waals surface area contributed by atoms with Gasteiger partial charge >= 0.3 is 0 Å². The smallest absolute Gasteiger partial charge is 0.241 e. The highest BCUT2D eigenvalue weighted by atomic mass is 19.2. The summed E-state index contributed by atoms with van der Waals surface area (Å²) < 4.78 is 65.3. The van der Waals surface area contributed by atoms with Crippen LogP contribution in [-0.2, 0) is 4.79 Å². The fourth-order valence-electron chi connectivity index (χ4n) is 1.55. The summed E-state index contributed by atoms with van der Waals surface area (Å²) in [5, 5.41) is 1.63. The molecule has 0 radical (unpaired) electrons. The van der Waals surface area contributed by atoms with Crippen molar-refractivity contribution in [2.75, 3.05) is 5.32 Å². The molecule has 0 aromatic heterocycles. The Bertz CT molecular complexity index is 504. The maximum absolute atomic E-state index is 13.3. The van der Waals surface area contributed by atoms with Crippen LogP contribution < -0.4 is 11.1 Å². The summed E-state index contributed by atoms with van der Waals surface area (Å²) in [6, 6.07) is -1.12. The van der Waals surface area contributed by atoms with Crippen molar-refractivity contribution in [3.8, 4) is 0 Å². The minimum atomic E-state index is -2.29. The summed E-state index contributed by atoms with van der Waals surface area (Å²) in [7, 11) is 0. The first-order valence-electron chi connectivity index (χ1n) is 5.74. The molecule has 0 aliphatic carbocycles. The van der Waals surface area contributed by atoms with Gasteiger partial charge in [0.05, 0.1) is 6.04 Å². The number of anilines is 1. The Morgan fingerprint density at radius 3 is 1.80 bits per heavy atom. The van der Waals surface area contributed by atoms with E-state index in [1.54, 1.807) is 19.2 Å². The molecular formula is C12H13F5N2O. The maximum atomic E-state index is 13.3. The highest BCUT2D eigenvalue weighted by Crippen LogP contribution is 2.27.